The maximum absolute atomic E-state index is 8.81. The van der Waals surface area contributed by atoms with Gasteiger partial charge in [0.2, 0.25) is 0 Å². The zero-order chi connectivity index (χ0) is 8.97. The molecule has 1 saturated heterocycles. The Bertz CT molecular complexity index is 156. The maximum Gasteiger partial charge on any atom is 0.0639 e. The summed E-state index contributed by atoms with van der Waals surface area (Å²) in [7, 11) is 0. The molecule has 1 unspecified atom stereocenters. The van der Waals surface area contributed by atoms with Crippen LogP contribution in [0.2, 0.25) is 0 Å². The van der Waals surface area contributed by atoms with Gasteiger partial charge in [-0.15, -0.1) is 0 Å². The van der Waals surface area contributed by atoms with E-state index < -0.39 is 0 Å². The molecule has 12 heavy (non-hydrogen) atoms. The minimum Gasteiger partial charge on any atom is -0.392 e. The Morgan fingerprint density at radius 1 is 1.67 bits per heavy atom. The van der Waals surface area contributed by atoms with Crippen LogP contribution in [0.25, 0.3) is 0 Å². The molecule has 2 heteroatoms. The molecule has 0 aliphatic carbocycles. The first-order valence-electron chi connectivity index (χ1n) is 4.76. The molecule has 0 aromatic heterocycles. The third-order valence-corrected chi connectivity index (χ3v) is 2.62. The van der Waals surface area contributed by atoms with Crippen LogP contribution in [-0.2, 0) is 0 Å². The van der Waals surface area contributed by atoms with Gasteiger partial charge in [-0.05, 0) is 31.8 Å². The van der Waals surface area contributed by atoms with E-state index in [4.69, 9.17) is 5.11 Å². The zero-order valence-electron chi connectivity index (χ0n) is 7.92. The van der Waals surface area contributed by atoms with Crippen LogP contribution in [0.1, 0.15) is 19.8 Å². The fraction of sp³-hybridized carbons (Fsp3) is 0.800. The van der Waals surface area contributed by atoms with Gasteiger partial charge in [0.25, 0.3) is 0 Å². The molecule has 1 rings (SSSR count). The minimum absolute atomic E-state index is 0.155. The molecule has 0 amide bonds. The standard InChI is InChI=1S/C10H19NO/c1-3-11-5-4-10(7-11)6-9(2)8-12/h10,12H,2-8H2,1H3. The summed E-state index contributed by atoms with van der Waals surface area (Å²) < 4.78 is 0. The van der Waals surface area contributed by atoms with Gasteiger partial charge in [0.05, 0.1) is 6.61 Å². The van der Waals surface area contributed by atoms with E-state index in [0.717, 1.165) is 24.5 Å². The number of aliphatic hydroxyl groups is 1. The SMILES string of the molecule is C=C(CO)CC1CCN(CC)C1. The molecule has 0 radical (unpaired) electrons. The van der Waals surface area contributed by atoms with Crippen molar-refractivity contribution in [3.8, 4) is 0 Å². The molecule has 0 aromatic rings. The number of aliphatic hydroxyl groups excluding tert-OH is 1. The van der Waals surface area contributed by atoms with Crippen LogP contribution in [0, 0.1) is 5.92 Å². The highest BCUT2D eigenvalue weighted by Crippen LogP contribution is 2.21. The molecule has 1 aliphatic heterocycles. The van der Waals surface area contributed by atoms with E-state index in [0.29, 0.717) is 0 Å². The largest absolute Gasteiger partial charge is 0.392 e. The first kappa shape index (κ1) is 9.75. The van der Waals surface area contributed by atoms with E-state index in [-0.39, 0.29) is 6.61 Å². The van der Waals surface area contributed by atoms with Gasteiger partial charge in [-0.25, -0.2) is 0 Å². The lowest BCUT2D eigenvalue weighted by atomic mass is 10.0. The summed E-state index contributed by atoms with van der Waals surface area (Å²) in [6.07, 6.45) is 2.28. The van der Waals surface area contributed by atoms with E-state index in [1.54, 1.807) is 0 Å². The lowest BCUT2D eigenvalue weighted by Gasteiger charge is -2.13. The van der Waals surface area contributed by atoms with Crippen molar-refractivity contribution in [1.82, 2.24) is 4.90 Å². The Hall–Kier alpha value is -0.340. The fourth-order valence-corrected chi connectivity index (χ4v) is 1.84. The lowest BCUT2D eigenvalue weighted by molar-refractivity contribution is 0.313. The summed E-state index contributed by atoms with van der Waals surface area (Å²) in [5, 5.41) is 8.81. The lowest BCUT2D eigenvalue weighted by Crippen LogP contribution is -2.19. The van der Waals surface area contributed by atoms with Crippen molar-refractivity contribution in [3.05, 3.63) is 12.2 Å². The minimum atomic E-state index is 0.155. The molecule has 1 aliphatic rings. The van der Waals surface area contributed by atoms with E-state index in [1.165, 1.54) is 19.5 Å². The number of hydrogen-bond acceptors (Lipinski definition) is 2. The first-order valence-corrected chi connectivity index (χ1v) is 4.76. The van der Waals surface area contributed by atoms with E-state index in [1.807, 2.05) is 0 Å². The van der Waals surface area contributed by atoms with Gasteiger partial charge in [0.1, 0.15) is 0 Å². The summed E-state index contributed by atoms with van der Waals surface area (Å²) in [6, 6.07) is 0. The van der Waals surface area contributed by atoms with E-state index >= 15 is 0 Å². The number of hydrogen-bond donors (Lipinski definition) is 1. The van der Waals surface area contributed by atoms with Crippen LogP contribution in [0.3, 0.4) is 0 Å². The predicted molar refractivity (Wildman–Crippen MR) is 51.1 cm³/mol. The normalized spacial score (nSPS) is 24.7. The summed E-state index contributed by atoms with van der Waals surface area (Å²) in [5.41, 5.74) is 0.984. The molecule has 0 bridgehead atoms. The van der Waals surface area contributed by atoms with Gasteiger partial charge >= 0.3 is 0 Å². The fourth-order valence-electron chi connectivity index (χ4n) is 1.84. The van der Waals surface area contributed by atoms with Crippen molar-refractivity contribution < 1.29 is 5.11 Å². The highest BCUT2D eigenvalue weighted by molar-refractivity contribution is 4.97. The highest BCUT2D eigenvalue weighted by atomic mass is 16.3. The van der Waals surface area contributed by atoms with Crippen LogP contribution in [0.4, 0.5) is 0 Å². The van der Waals surface area contributed by atoms with Gasteiger partial charge in [-0.2, -0.15) is 0 Å². The zero-order valence-corrected chi connectivity index (χ0v) is 7.92. The van der Waals surface area contributed by atoms with Gasteiger partial charge in [-0.1, -0.05) is 19.1 Å². The van der Waals surface area contributed by atoms with E-state index in [2.05, 4.69) is 18.4 Å². The predicted octanol–water partition coefficient (Wildman–Crippen LogP) is 1.27. The van der Waals surface area contributed by atoms with Crippen LogP contribution in [0.5, 0.6) is 0 Å². The number of rotatable bonds is 4. The molecular weight excluding hydrogens is 150 g/mol. The molecule has 1 fully saturated rings. The van der Waals surface area contributed by atoms with Crippen molar-refractivity contribution in [2.24, 2.45) is 5.92 Å². The average molecular weight is 169 g/mol. The summed E-state index contributed by atoms with van der Waals surface area (Å²) in [4.78, 5) is 2.45. The van der Waals surface area contributed by atoms with Crippen molar-refractivity contribution in [1.29, 1.82) is 0 Å². The highest BCUT2D eigenvalue weighted by Gasteiger charge is 2.20. The van der Waals surface area contributed by atoms with Crippen LogP contribution in [-0.4, -0.2) is 36.2 Å². The maximum atomic E-state index is 8.81. The second kappa shape index (κ2) is 4.63. The molecule has 1 atom stereocenters. The topological polar surface area (TPSA) is 23.5 Å². The van der Waals surface area contributed by atoms with Crippen molar-refractivity contribution in [3.63, 3.8) is 0 Å². The molecule has 2 nitrogen and oxygen atoms in total. The molecule has 1 heterocycles. The molecule has 1 N–H and O–H groups in total. The third-order valence-electron chi connectivity index (χ3n) is 2.62. The Kier molecular flexibility index (Phi) is 3.76. The van der Waals surface area contributed by atoms with Crippen molar-refractivity contribution in [2.75, 3.05) is 26.2 Å². The summed E-state index contributed by atoms with van der Waals surface area (Å²) in [6.45, 7) is 9.74. The quantitative estimate of drug-likeness (QED) is 0.641. The molecule has 0 spiro atoms. The van der Waals surface area contributed by atoms with Gasteiger partial charge in [-0.3, -0.25) is 0 Å². The second-order valence-corrected chi connectivity index (χ2v) is 3.66. The average Bonchev–Trinajstić information content (AvgIpc) is 2.52. The Morgan fingerprint density at radius 2 is 2.42 bits per heavy atom. The summed E-state index contributed by atoms with van der Waals surface area (Å²) in [5.74, 6) is 0.740. The van der Waals surface area contributed by atoms with Crippen LogP contribution >= 0.6 is 0 Å². The van der Waals surface area contributed by atoms with Gasteiger partial charge < -0.3 is 10.0 Å². The van der Waals surface area contributed by atoms with Gasteiger partial charge in [0, 0.05) is 6.54 Å². The Labute approximate surface area is 74.9 Å². The van der Waals surface area contributed by atoms with E-state index in [9.17, 15) is 0 Å². The number of likely N-dealkylation sites (tertiary alicyclic amines) is 1. The Balaban J connectivity index is 2.23. The molecule has 70 valence electrons. The van der Waals surface area contributed by atoms with Gasteiger partial charge in [0.15, 0.2) is 0 Å². The smallest absolute Gasteiger partial charge is 0.0639 e. The summed E-state index contributed by atoms with van der Waals surface area (Å²) >= 11 is 0. The second-order valence-electron chi connectivity index (χ2n) is 3.66. The molecular formula is C10H19NO. The van der Waals surface area contributed by atoms with Crippen LogP contribution < -0.4 is 0 Å². The monoisotopic (exact) mass is 169 g/mol. The number of nitrogens with zero attached hydrogens (tertiary/aromatic N) is 1. The molecule has 0 saturated carbocycles. The molecule has 0 aromatic carbocycles. The third kappa shape index (κ3) is 2.61. The van der Waals surface area contributed by atoms with Crippen molar-refractivity contribution >= 4 is 0 Å². The van der Waals surface area contributed by atoms with Crippen molar-refractivity contribution in [2.45, 2.75) is 19.8 Å². The Morgan fingerprint density at radius 3 is 2.92 bits per heavy atom. The first-order chi connectivity index (χ1) is 5.76. The van der Waals surface area contributed by atoms with Crippen LogP contribution in [0.15, 0.2) is 12.2 Å².